The van der Waals surface area contributed by atoms with Gasteiger partial charge in [0.25, 0.3) is 5.69 Å². The van der Waals surface area contributed by atoms with E-state index in [0.29, 0.717) is 12.8 Å². The van der Waals surface area contributed by atoms with Crippen LogP contribution in [-0.2, 0) is 9.47 Å². The summed E-state index contributed by atoms with van der Waals surface area (Å²) in [6.45, 7) is 0.431. The lowest BCUT2D eigenvalue weighted by Crippen LogP contribution is -2.07. The molecule has 0 fully saturated rings. The largest absolute Gasteiger partial charge is 0.508 e. The normalized spacial score (nSPS) is 10.6. The molecule has 2 aromatic carbocycles. The third kappa shape index (κ3) is 9.69. The van der Waals surface area contributed by atoms with Gasteiger partial charge in [0, 0.05) is 12.1 Å². The summed E-state index contributed by atoms with van der Waals surface area (Å²) in [4.78, 5) is 44.8. The lowest BCUT2D eigenvalue weighted by atomic mass is 10.1. The first-order chi connectivity index (χ1) is 17.3. The molecule has 0 saturated carbocycles. The molecular formula is C25H30N2O9. The van der Waals surface area contributed by atoms with Crippen LogP contribution in [0, 0.1) is 15.0 Å². The van der Waals surface area contributed by atoms with Gasteiger partial charge in [-0.05, 0) is 42.3 Å². The number of rotatable bonds is 16. The number of nitroso groups, excluding NO2 is 1. The van der Waals surface area contributed by atoms with Gasteiger partial charge < -0.3 is 19.7 Å². The van der Waals surface area contributed by atoms with Gasteiger partial charge in [-0.1, -0.05) is 44.9 Å². The van der Waals surface area contributed by atoms with Gasteiger partial charge in [0.2, 0.25) is 0 Å². The molecule has 0 aromatic heterocycles. The average molecular weight is 503 g/mol. The summed E-state index contributed by atoms with van der Waals surface area (Å²) in [5.74, 6) is -1.74. The number of benzene rings is 2. The van der Waals surface area contributed by atoms with Crippen LogP contribution >= 0.6 is 0 Å². The van der Waals surface area contributed by atoms with Crippen LogP contribution in [0.1, 0.15) is 78.5 Å². The van der Waals surface area contributed by atoms with Crippen LogP contribution in [0.15, 0.2) is 41.6 Å². The molecule has 0 amide bonds. The zero-order chi connectivity index (χ0) is 26.3. The molecule has 0 aliphatic rings. The molecule has 0 aliphatic heterocycles. The molecule has 0 bridgehead atoms. The molecule has 11 heteroatoms. The Balaban J connectivity index is 1.47. The van der Waals surface area contributed by atoms with E-state index < -0.39 is 22.5 Å². The molecule has 0 radical (unpaired) electrons. The summed E-state index contributed by atoms with van der Waals surface area (Å²) < 4.78 is 10.3. The topological polar surface area (TPSA) is 166 Å². The number of hydrogen-bond acceptors (Lipinski definition) is 10. The first-order valence-corrected chi connectivity index (χ1v) is 11.8. The van der Waals surface area contributed by atoms with Gasteiger partial charge in [-0.25, -0.2) is 9.59 Å². The van der Waals surface area contributed by atoms with Crippen LogP contribution in [0.3, 0.4) is 0 Å². The second kappa shape index (κ2) is 15.1. The molecule has 194 valence electrons. The minimum Gasteiger partial charge on any atom is -0.508 e. The summed E-state index contributed by atoms with van der Waals surface area (Å²) in [6.07, 6.45) is 8.31. The van der Waals surface area contributed by atoms with E-state index in [1.165, 1.54) is 18.2 Å². The number of unbranched alkanes of at least 4 members (excludes halogenated alkanes) is 8. The van der Waals surface area contributed by atoms with Crippen molar-refractivity contribution in [3.8, 4) is 11.5 Å². The Hall–Kier alpha value is -4.02. The fraction of sp³-hybridized carbons (Fsp3) is 0.440. The summed E-state index contributed by atoms with van der Waals surface area (Å²) in [7, 11) is 0. The quantitative estimate of drug-likeness (QED) is 0.0706. The third-order valence-electron chi connectivity index (χ3n) is 5.41. The Morgan fingerprint density at radius 1 is 0.806 bits per heavy atom. The Morgan fingerprint density at radius 3 is 1.92 bits per heavy atom. The lowest BCUT2D eigenvalue weighted by Gasteiger charge is -2.07. The Bertz CT molecular complexity index is 1060. The number of non-ortho nitro benzene ring substituents is 1. The highest BCUT2D eigenvalue weighted by Gasteiger charge is 2.16. The van der Waals surface area contributed by atoms with E-state index in [4.69, 9.17) is 9.47 Å². The van der Waals surface area contributed by atoms with E-state index in [1.807, 2.05) is 0 Å². The number of aromatic hydroxyl groups is 2. The molecule has 0 spiro atoms. The van der Waals surface area contributed by atoms with Gasteiger partial charge >= 0.3 is 11.9 Å². The van der Waals surface area contributed by atoms with E-state index in [1.54, 1.807) is 0 Å². The highest BCUT2D eigenvalue weighted by molar-refractivity contribution is 5.93. The van der Waals surface area contributed by atoms with Gasteiger partial charge in [-0.2, -0.15) is 0 Å². The Labute approximate surface area is 208 Å². The van der Waals surface area contributed by atoms with Crippen LogP contribution in [0.2, 0.25) is 0 Å². The Kier molecular flexibility index (Phi) is 11.8. The molecular weight excluding hydrogens is 472 g/mol. The van der Waals surface area contributed by atoms with E-state index in [-0.39, 0.29) is 41.5 Å². The highest BCUT2D eigenvalue weighted by Crippen LogP contribution is 2.24. The molecule has 0 heterocycles. The number of phenols is 2. The molecule has 0 atom stereocenters. The maximum Gasteiger partial charge on any atom is 0.342 e. The molecule has 2 rings (SSSR count). The fourth-order valence-corrected chi connectivity index (χ4v) is 3.49. The number of hydrogen-bond donors (Lipinski definition) is 2. The van der Waals surface area contributed by atoms with E-state index in [9.17, 15) is 34.8 Å². The molecule has 36 heavy (non-hydrogen) atoms. The first kappa shape index (κ1) is 28.2. The van der Waals surface area contributed by atoms with Gasteiger partial charge in [0.1, 0.15) is 22.7 Å². The predicted molar refractivity (Wildman–Crippen MR) is 130 cm³/mol. The van der Waals surface area contributed by atoms with Crippen LogP contribution in [0.25, 0.3) is 0 Å². The molecule has 11 nitrogen and oxygen atoms in total. The number of ether oxygens (including phenoxy) is 2. The monoisotopic (exact) mass is 502 g/mol. The zero-order valence-corrected chi connectivity index (χ0v) is 19.9. The second-order valence-electron chi connectivity index (χ2n) is 8.24. The fourth-order valence-electron chi connectivity index (χ4n) is 3.49. The van der Waals surface area contributed by atoms with Crippen LogP contribution in [0.4, 0.5) is 11.4 Å². The van der Waals surface area contributed by atoms with Gasteiger partial charge in [0.15, 0.2) is 0 Å². The van der Waals surface area contributed by atoms with Crippen molar-refractivity contribution in [2.45, 2.75) is 57.8 Å². The SMILES string of the molecule is O=Nc1cc(C(=O)OCCCCCCCCCCCOC(=O)c2cc(O)ccc2O)cc([N+](=O)[O-])c1. The third-order valence-corrected chi connectivity index (χ3v) is 5.41. The molecule has 0 saturated heterocycles. The number of nitrogens with zero attached hydrogens (tertiary/aromatic N) is 2. The van der Waals surface area contributed by atoms with Crippen LogP contribution in [-0.4, -0.2) is 40.3 Å². The van der Waals surface area contributed by atoms with E-state index in [2.05, 4.69) is 5.18 Å². The number of nitro benzene ring substituents is 1. The van der Waals surface area contributed by atoms with Crippen molar-refractivity contribution >= 4 is 23.3 Å². The van der Waals surface area contributed by atoms with Gasteiger partial charge in [0.05, 0.1) is 23.7 Å². The number of nitro groups is 1. The minimum atomic E-state index is -0.729. The summed E-state index contributed by atoms with van der Waals surface area (Å²) in [6, 6.07) is 6.90. The molecule has 0 unspecified atom stereocenters. The first-order valence-electron chi connectivity index (χ1n) is 11.8. The standard InChI is InChI=1S/C25H30N2O9/c28-21-10-11-23(29)22(17-21)25(31)36-13-9-7-5-3-1-2-4-6-8-12-35-24(30)18-14-19(26-32)16-20(15-18)27(33)34/h10-11,14-17,28-29H,1-9,12-13H2. The number of carbonyl (C=O) groups is 2. The zero-order valence-electron chi connectivity index (χ0n) is 19.9. The van der Waals surface area contributed by atoms with Crippen molar-refractivity contribution in [1.82, 2.24) is 0 Å². The van der Waals surface area contributed by atoms with Crippen molar-refractivity contribution in [1.29, 1.82) is 0 Å². The van der Waals surface area contributed by atoms with Gasteiger partial charge in [-0.3, -0.25) is 10.1 Å². The molecule has 2 N–H and O–H groups in total. The smallest absolute Gasteiger partial charge is 0.342 e. The average Bonchev–Trinajstić information content (AvgIpc) is 2.87. The number of phenolic OH excluding ortho intramolecular Hbond substituents is 2. The van der Waals surface area contributed by atoms with Gasteiger partial charge in [-0.15, -0.1) is 4.91 Å². The summed E-state index contributed by atoms with van der Waals surface area (Å²) in [5, 5.41) is 32.6. The molecule has 2 aromatic rings. The predicted octanol–water partition coefficient (Wildman–Crippen LogP) is 5.93. The Morgan fingerprint density at radius 2 is 1.36 bits per heavy atom. The number of esters is 2. The van der Waals surface area contributed by atoms with E-state index >= 15 is 0 Å². The lowest BCUT2D eigenvalue weighted by molar-refractivity contribution is -0.384. The minimum absolute atomic E-state index is 0.0573. The second-order valence-corrected chi connectivity index (χ2v) is 8.24. The maximum atomic E-state index is 12.1. The van der Waals surface area contributed by atoms with Crippen molar-refractivity contribution in [2.24, 2.45) is 5.18 Å². The van der Waals surface area contributed by atoms with E-state index in [0.717, 1.165) is 63.1 Å². The van der Waals surface area contributed by atoms with Crippen molar-refractivity contribution in [3.63, 3.8) is 0 Å². The van der Waals surface area contributed by atoms with Crippen molar-refractivity contribution in [3.05, 3.63) is 62.5 Å². The summed E-state index contributed by atoms with van der Waals surface area (Å²) in [5.41, 5.74) is -0.733. The summed E-state index contributed by atoms with van der Waals surface area (Å²) >= 11 is 0. The van der Waals surface area contributed by atoms with Crippen LogP contribution < -0.4 is 0 Å². The highest BCUT2D eigenvalue weighted by atomic mass is 16.6. The van der Waals surface area contributed by atoms with Crippen molar-refractivity contribution in [2.75, 3.05) is 13.2 Å². The van der Waals surface area contributed by atoms with Crippen LogP contribution in [0.5, 0.6) is 11.5 Å². The van der Waals surface area contributed by atoms with Crippen molar-refractivity contribution < 1.29 is 34.2 Å². The number of carbonyl (C=O) groups excluding carboxylic acids is 2. The maximum absolute atomic E-state index is 12.1. The molecule has 0 aliphatic carbocycles.